The molecule has 2 N–H and O–H groups in total. The molecule has 0 amide bonds. The van der Waals surface area contributed by atoms with Crippen LogP contribution < -0.4 is 10.6 Å². The molecule has 1 aromatic rings. The van der Waals surface area contributed by atoms with Crippen LogP contribution in [0.4, 0.5) is 5.69 Å². The summed E-state index contributed by atoms with van der Waals surface area (Å²) in [7, 11) is 0. The molecule has 1 fully saturated rings. The quantitative estimate of drug-likeness (QED) is 0.627. The molecule has 0 saturated heterocycles. The number of thiocarbonyl (C=S) groups is 1. The van der Waals surface area contributed by atoms with E-state index >= 15 is 0 Å². The molecule has 0 atom stereocenters. The molecule has 0 spiro atoms. The average Bonchev–Trinajstić information content (AvgIpc) is 3.20. The maximum atomic E-state index is 11.8. The number of nitrogens with two attached hydrogens (primary N) is 1. The summed E-state index contributed by atoms with van der Waals surface area (Å²) < 4.78 is 5.98. The van der Waals surface area contributed by atoms with Crippen molar-refractivity contribution in [2.24, 2.45) is 5.73 Å². The van der Waals surface area contributed by atoms with E-state index in [1.807, 2.05) is 23.1 Å². The Morgan fingerprint density at radius 3 is 2.80 bits per heavy atom. The fraction of sp³-hybridized carbons (Fsp3) is 0.429. The molecule has 4 nitrogen and oxygen atoms in total. The van der Waals surface area contributed by atoms with Crippen LogP contribution in [0.2, 0.25) is 0 Å². The van der Waals surface area contributed by atoms with Gasteiger partial charge in [0.05, 0.1) is 6.61 Å². The zero-order chi connectivity index (χ0) is 14.7. The van der Waals surface area contributed by atoms with E-state index in [1.54, 1.807) is 6.92 Å². The first-order valence-corrected chi connectivity index (χ1v) is 7.74. The van der Waals surface area contributed by atoms with E-state index in [1.165, 1.54) is 0 Å². The predicted molar refractivity (Wildman–Crippen MR) is 87.0 cm³/mol. The normalized spacial score (nSPS) is 13.9. The molecule has 1 aliphatic rings. The fourth-order valence-electron chi connectivity index (χ4n) is 2.09. The minimum atomic E-state index is -0.228. The van der Waals surface area contributed by atoms with Crippen LogP contribution in [-0.4, -0.2) is 30.2 Å². The highest BCUT2D eigenvalue weighted by Gasteiger charge is 2.32. The Bertz CT molecular complexity index is 532. The number of carbonyl (C=O) groups is 1. The molecule has 20 heavy (non-hydrogen) atoms. The van der Waals surface area contributed by atoms with Crippen LogP contribution >= 0.6 is 28.1 Å². The zero-order valence-electron chi connectivity index (χ0n) is 11.3. The fourth-order valence-corrected chi connectivity index (χ4v) is 2.62. The lowest BCUT2D eigenvalue weighted by atomic mass is 10.1. The van der Waals surface area contributed by atoms with Crippen molar-refractivity contribution in [1.82, 2.24) is 0 Å². The molecule has 0 radical (unpaired) electrons. The van der Waals surface area contributed by atoms with E-state index in [0.717, 1.165) is 28.6 Å². The molecule has 0 heterocycles. The van der Waals surface area contributed by atoms with Gasteiger partial charge in [-0.1, -0.05) is 28.1 Å². The first kappa shape index (κ1) is 15.3. The first-order chi connectivity index (χ1) is 9.52. The number of hydrogen-bond donors (Lipinski definition) is 1. The maximum Gasteiger partial charge on any atom is 0.325 e. The topological polar surface area (TPSA) is 55.6 Å². The third kappa shape index (κ3) is 3.70. The summed E-state index contributed by atoms with van der Waals surface area (Å²) >= 11 is 8.56. The van der Waals surface area contributed by atoms with Crippen LogP contribution in [0.15, 0.2) is 22.7 Å². The summed E-state index contributed by atoms with van der Waals surface area (Å²) in [6, 6.07) is 6.09. The van der Waals surface area contributed by atoms with E-state index < -0.39 is 0 Å². The third-order valence-electron chi connectivity index (χ3n) is 3.13. The number of hydrogen-bond acceptors (Lipinski definition) is 4. The summed E-state index contributed by atoms with van der Waals surface area (Å²) in [5.74, 6) is -0.228. The number of halogens is 1. The third-order valence-corrected chi connectivity index (χ3v) is 3.84. The number of esters is 1. The molecule has 1 aliphatic carbocycles. The van der Waals surface area contributed by atoms with Crippen molar-refractivity contribution < 1.29 is 9.53 Å². The maximum absolute atomic E-state index is 11.8. The Morgan fingerprint density at radius 2 is 2.25 bits per heavy atom. The SMILES string of the molecule is CCOC(=O)CN(c1cc(Br)ccc1C(N)=S)C1CC1. The number of benzene rings is 1. The van der Waals surface area contributed by atoms with Crippen molar-refractivity contribution in [3.8, 4) is 0 Å². The van der Waals surface area contributed by atoms with E-state index in [-0.39, 0.29) is 12.5 Å². The molecule has 108 valence electrons. The Kier molecular flexibility index (Phi) is 4.99. The summed E-state index contributed by atoms with van der Waals surface area (Å²) in [6.07, 6.45) is 2.14. The van der Waals surface area contributed by atoms with Gasteiger partial charge in [0, 0.05) is 21.8 Å². The minimum Gasteiger partial charge on any atom is -0.465 e. The Labute approximate surface area is 132 Å². The second-order valence-electron chi connectivity index (χ2n) is 4.69. The van der Waals surface area contributed by atoms with Crippen LogP contribution in [0.3, 0.4) is 0 Å². The van der Waals surface area contributed by atoms with Crippen molar-refractivity contribution in [1.29, 1.82) is 0 Å². The Morgan fingerprint density at radius 1 is 1.55 bits per heavy atom. The smallest absolute Gasteiger partial charge is 0.325 e. The lowest BCUT2D eigenvalue weighted by Crippen LogP contribution is -2.34. The highest BCUT2D eigenvalue weighted by Crippen LogP contribution is 2.35. The number of nitrogens with zero attached hydrogens (tertiary/aromatic N) is 1. The molecule has 1 saturated carbocycles. The van der Waals surface area contributed by atoms with Crippen molar-refractivity contribution in [2.45, 2.75) is 25.8 Å². The van der Waals surface area contributed by atoms with Gasteiger partial charge in [0.15, 0.2) is 0 Å². The molecular formula is C14H17BrN2O2S. The highest BCUT2D eigenvalue weighted by atomic mass is 79.9. The van der Waals surface area contributed by atoms with Gasteiger partial charge in [0.1, 0.15) is 11.5 Å². The van der Waals surface area contributed by atoms with Gasteiger partial charge < -0.3 is 15.4 Å². The monoisotopic (exact) mass is 356 g/mol. The largest absolute Gasteiger partial charge is 0.465 e. The van der Waals surface area contributed by atoms with Crippen LogP contribution in [0, 0.1) is 0 Å². The minimum absolute atomic E-state index is 0.227. The van der Waals surface area contributed by atoms with Gasteiger partial charge in [-0.15, -0.1) is 0 Å². The average molecular weight is 357 g/mol. The molecule has 2 rings (SSSR count). The van der Waals surface area contributed by atoms with Crippen LogP contribution in [-0.2, 0) is 9.53 Å². The molecule has 6 heteroatoms. The summed E-state index contributed by atoms with van der Waals surface area (Å²) in [5, 5.41) is 0. The number of ether oxygens (including phenoxy) is 1. The second-order valence-corrected chi connectivity index (χ2v) is 6.05. The van der Waals surface area contributed by atoms with Gasteiger partial charge in [-0.2, -0.15) is 0 Å². The molecule has 0 unspecified atom stereocenters. The van der Waals surface area contributed by atoms with Crippen LogP contribution in [0.1, 0.15) is 25.3 Å². The van der Waals surface area contributed by atoms with Crippen molar-refractivity contribution in [2.75, 3.05) is 18.1 Å². The van der Waals surface area contributed by atoms with Gasteiger partial charge in [-0.25, -0.2) is 0 Å². The molecule has 0 aromatic heterocycles. The number of rotatable bonds is 6. The van der Waals surface area contributed by atoms with Crippen LogP contribution in [0.25, 0.3) is 0 Å². The van der Waals surface area contributed by atoms with Crippen LogP contribution in [0.5, 0.6) is 0 Å². The second kappa shape index (κ2) is 6.54. The lowest BCUT2D eigenvalue weighted by Gasteiger charge is -2.26. The summed E-state index contributed by atoms with van der Waals surface area (Å²) in [5.41, 5.74) is 7.47. The van der Waals surface area contributed by atoms with Gasteiger partial charge in [0.25, 0.3) is 0 Å². The molecule has 0 aliphatic heterocycles. The Balaban J connectivity index is 2.31. The van der Waals surface area contributed by atoms with E-state index in [9.17, 15) is 4.79 Å². The van der Waals surface area contributed by atoms with Gasteiger partial charge >= 0.3 is 5.97 Å². The lowest BCUT2D eigenvalue weighted by molar-refractivity contribution is -0.141. The van der Waals surface area contributed by atoms with Gasteiger partial charge in [0.2, 0.25) is 0 Å². The molecule has 1 aromatic carbocycles. The summed E-state index contributed by atoms with van der Waals surface area (Å²) in [6.45, 7) is 2.42. The molecule has 0 bridgehead atoms. The zero-order valence-corrected chi connectivity index (χ0v) is 13.7. The highest BCUT2D eigenvalue weighted by molar-refractivity contribution is 9.10. The number of carbonyl (C=O) groups excluding carboxylic acids is 1. The predicted octanol–water partition coefficient (Wildman–Crippen LogP) is 2.62. The first-order valence-electron chi connectivity index (χ1n) is 6.54. The Hall–Kier alpha value is -1.14. The molecular weight excluding hydrogens is 340 g/mol. The van der Waals surface area contributed by atoms with E-state index in [0.29, 0.717) is 17.6 Å². The van der Waals surface area contributed by atoms with Gasteiger partial charge in [-0.3, -0.25) is 4.79 Å². The summed E-state index contributed by atoms with van der Waals surface area (Å²) in [4.78, 5) is 14.2. The van der Waals surface area contributed by atoms with Crippen molar-refractivity contribution >= 4 is 44.8 Å². The van der Waals surface area contributed by atoms with Crippen molar-refractivity contribution in [3.63, 3.8) is 0 Å². The van der Waals surface area contributed by atoms with Gasteiger partial charge in [-0.05, 0) is 38.0 Å². The van der Waals surface area contributed by atoms with E-state index in [4.69, 9.17) is 22.7 Å². The number of anilines is 1. The van der Waals surface area contributed by atoms with E-state index in [2.05, 4.69) is 15.9 Å². The van der Waals surface area contributed by atoms with Crippen molar-refractivity contribution in [3.05, 3.63) is 28.2 Å². The standard InChI is InChI=1S/C14H17BrN2O2S/c1-2-19-13(18)8-17(10-4-5-10)12-7-9(15)3-6-11(12)14(16)20/h3,6-7,10H,2,4-5,8H2,1H3,(H2,16,20).